The first-order valence-electron chi connectivity index (χ1n) is 29.1. The van der Waals surface area contributed by atoms with Crippen molar-refractivity contribution < 1.29 is 106 Å². The van der Waals surface area contributed by atoms with Gasteiger partial charge in [0.1, 0.15) is 60.1 Å². The van der Waals surface area contributed by atoms with E-state index in [0.29, 0.717) is 5.56 Å². The number of aliphatic hydroxyl groups is 1. The zero-order valence-corrected chi connectivity index (χ0v) is 52.3. The predicted octanol–water partition coefficient (Wildman–Crippen LogP) is -5.44. The number of hydrogen-bond donors (Lipinski definition) is 16. The van der Waals surface area contributed by atoms with Gasteiger partial charge in [0.2, 0.25) is 70.8 Å². The molecular formula is C56H84N12O22S. The first-order valence-corrected chi connectivity index (χ1v) is 30.8. The van der Waals surface area contributed by atoms with Crippen LogP contribution in [0.2, 0.25) is 0 Å². The van der Waals surface area contributed by atoms with Gasteiger partial charge in [0.25, 0.3) is 5.91 Å². The van der Waals surface area contributed by atoms with E-state index in [1.54, 1.807) is 20.8 Å². The molecule has 2 unspecified atom stereocenters. The molecule has 1 aliphatic heterocycles. The number of aliphatic carboxylic acids is 3. The van der Waals surface area contributed by atoms with Crippen molar-refractivity contribution in [2.45, 2.75) is 173 Å². The van der Waals surface area contributed by atoms with Crippen molar-refractivity contribution in [3.63, 3.8) is 0 Å². The van der Waals surface area contributed by atoms with E-state index in [4.69, 9.17) is 10.8 Å². The van der Waals surface area contributed by atoms with E-state index in [-0.39, 0.29) is 56.6 Å². The third-order valence-electron chi connectivity index (χ3n) is 14.0. The number of Topliss-reactive ketones (excluding diaryl/α,β-unsaturated/α-hetero) is 1. The van der Waals surface area contributed by atoms with Crippen LogP contribution in [-0.4, -0.2) is 221 Å². The van der Waals surface area contributed by atoms with Crippen LogP contribution in [-0.2, 0) is 93.9 Å². The van der Waals surface area contributed by atoms with Gasteiger partial charge in [-0.2, -0.15) is 0 Å². The summed E-state index contributed by atoms with van der Waals surface area (Å²) in [6.45, 7) is 6.99. The normalized spacial score (nSPS) is 16.0. The van der Waals surface area contributed by atoms with Crippen LogP contribution < -0.4 is 58.9 Å². The van der Waals surface area contributed by atoms with Gasteiger partial charge < -0.3 is 89.3 Å². The third kappa shape index (κ3) is 27.2. The Morgan fingerprint density at radius 3 is 1.60 bits per heavy atom. The van der Waals surface area contributed by atoms with Gasteiger partial charge in [0.15, 0.2) is 0 Å². The zero-order valence-electron chi connectivity index (χ0n) is 51.5. The summed E-state index contributed by atoms with van der Waals surface area (Å²) in [6, 6.07) is -10.2. The molecule has 1 heterocycles. The van der Waals surface area contributed by atoms with Crippen LogP contribution >= 0.6 is 0 Å². The second-order valence-electron chi connectivity index (χ2n) is 22.1. The lowest BCUT2D eigenvalue weighted by Gasteiger charge is -2.33. The molecule has 0 spiro atoms. The number of primary amides is 1. The fraction of sp³-hybridized carbons (Fsp3) is 0.607. The Labute approximate surface area is 525 Å². The minimum atomic E-state index is -1.97. The number of rotatable bonds is 40. The molecule has 506 valence electrons. The monoisotopic (exact) mass is 1310 g/mol. The Bertz CT molecular complexity index is 2860. The fourth-order valence-corrected chi connectivity index (χ4v) is 9.70. The van der Waals surface area contributed by atoms with E-state index in [0.717, 1.165) is 6.92 Å². The summed E-state index contributed by atoms with van der Waals surface area (Å²) in [5.41, 5.74) is 5.57. The number of phenols is 1. The fourth-order valence-electron chi connectivity index (χ4n) is 9.13. The number of carbonyl (C=O) groups excluding carboxylic acids is 13. The van der Waals surface area contributed by atoms with E-state index >= 15 is 0 Å². The van der Waals surface area contributed by atoms with Crippen LogP contribution in [0, 0.1) is 11.8 Å². The minimum absolute atomic E-state index is 0.00668. The van der Waals surface area contributed by atoms with Crippen LogP contribution in [0.5, 0.6) is 5.75 Å². The largest absolute Gasteiger partial charge is 0.508 e. The highest BCUT2D eigenvalue weighted by Gasteiger charge is 2.42. The number of carbonyl (C=O) groups is 16. The van der Waals surface area contributed by atoms with Gasteiger partial charge in [-0.3, -0.25) is 80.9 Å². The number of nitrogens with zero attached hydrogens (tertiary/aromatic N) is 1. The Balaban J connectivity index is 2.27. The number of benzene rings is 1. The molecule has 2 rings (SSSR count). The number of aliphatic hydroxyl groups excluding tert-OH is 1. The molecule has 0 radical (unpaired) electrons. The third-order valence-corrected chi connectivity index (χ3v) is 14.8. The van der Waals surface area contributed by atoms with Gasteiger partial charge in [-0.25, -0.2) is 0 Å². The number of phenolic OH excluding ortho intramolecular Hbond substituents is 1. The average molecular weight is 1310 g/mol. The van der Waals surface area contributed by atoms with Crippen LogP contribution in [0.1, 0.15) is 111 Å². The molecule has 1 aromatic carbocycles. The van der Waals surface area contributed by atoms with E-state index in [9.17, 15) is 101 Å². The molecule has 0 aliphatic carbocycles. The van der Waals surface area contributed by atoms with Crippen molar-refractivity contribution in [2.24, 2.45) is 17.6 Å². The molecule has 1 aliphatic rings. The second-order valence-corrected chi connectivity index (χ2v) is 23.7. The molecule has 91 heavy (non-hydrogen) atoms. The Morgan fingerprint density at radius 2 is 1.10 bits per heavy atom. The molecule has 35 heteroatoms. The number of likely N-dealkylation sites (tertiary alicyclic amines) is 1. The number of carboxylic acid groups (broad SMARTS) is 3. The van der Waals surface area contributed by atoms with Crippen LogP contribution in [0.3, 0.4) is 0 Å². The quantitative estimate of drug-likeness (QED) is 0.0273. The topological polar surface area (TPSA) is 541 Å². The van der Waals surface area contributed by atoms with Crippen LogP contribution in [0.25, 0.3) is 0 Å². The maximum atomic E-state index is 14.4. The molecule has 0 saturated carbocycles. The molecule has 1 saturated heterocycles. The molecule has 1 fully saturated rings. The maximum absolute atomic E-state index is 14.4. The Kier molecular flexibility index (Phi) is 32.9. The molecule has 11 atom stereocenters. The first kappa shape index (κ1) is 77.9. The standard InChI is InChI=1S/C56H84N12O22S/c1-8-10-32(61-53(86)39-11-9-21-68(39)56(89)45(28(4)5)67-54(87)44(27(2)3)66-50(83)34(17-19-42(75)76)62-48(81)33(59-29(6)70)16-18-41(73)74)46(79)55(88)58-25-40(72)60-35(20-22-91(7)90)49(82)64-37(24-43(77)78)52(85)63-36(23-30-12-14-31(71)15-13-30)51(84)65-38(26-69)47(57)80/h12-15,27-28,32-39,44-45,69,71H,8-11,16-26H2,1-7H3,(H2,57,80)(H,58,88)(H,59,70)(H,60,72)(H,61,86)(H,62,81)(H,63,85)(H,64,82)(H,65,84)(H,66,83)(H,67,87)(H,73,74)(H,75,76)(H,77,78)/t32-,33-,34-,35-,36-,37-,38-,39?,44-,45-,91?/m0/s1. The lowest BCUT2D eigenvalue weighted by Crippen LogP contribution is -2.61. The molecule has 0 aromatic heterocycles. The van der Waals surface area contributed by atoms with E-state index in [2.05, 4.69) is 53.2 Å². The number of amides is 12. The van der Waals surface area contributed by atoms with Crippen molar-refractivity contribution in [1.29, 1.82) is 0 Å². The number of nitrogens with two attached hydrogens (primary N) is 1. The van der Waals surface area contributed by atoms with Gasteiger partial charge in [-0.05, 0) is 68.1 Å². The van der Waals surface area contributed by atoms with Crippen molar-refractivity contribution in [3.8, 4) is 5.75 Å². The van der Waals surface area contributed by atoms with Gasteiger partial charge in [0.05, 0.1) is 25.6 Å². The lowest BCUT2D eigenvalue weighted by atomic mass is 9.98. The predicted molar refractivity (Wildman–Crippen MR) is 318 cm³/mol. The number of ketones is 1. The minimum Gasteiger partial charge on any atom is -0.508 e. The van der Waals surface area contributed by atoms with Crippen LogP contribution in [0.4, 0.5) is 0 Å². The van der Waals surface area contributed by atoms with Crippen molar-refractivity contribution in [1.82, 2.24) is 58.1 Å². The first-order chi connectivity index (χ1) is 42.6. The molecule has 17 N–H and O–H groups in total. The highest BCUT2D eigenvalue weighted by molar-refractivity contribution is 7.84. The van der Waals surface area contributed by atoms with Gasteiger partial charge >= 0.3 is 17.9 Å². The maximum Gasteiger partial charge on any atom is 0.305 e. The summed E-state index contributed by atoms with van der Waals surface area (Å²) in [5.74, 6) is -19.7. The summed E-state index contributed by atoms with van der Waals surface area (Å²) >= 11 is 0. The summed E-state index contributed by atoms with van der Waals surface area (Å²) in [5, 5.41) is 70.7. The van der Waals surface area contributed by atoms with Crippen molar-refractivity contribution >= 4 is 105 Å². The summed E-state index contributed by atoms with van der Waals surface area (Å²) in [6.07, 6.45) is -2.25. The highest BCUT2D eigenvalue weighted by atomic mass is 32.2. The lowest BCUT2D eigenvalue weighted by molar-refractivity contribution is -0.144. The smallest absolute Gasteiger partial charge is 0.305 e. The Morgan fingerprint density at radius 1 is 0.604 bits per heavy atom. The molecule has 1 aromatic rings. The number of nitrogens with one attached hydrogen (secondary N) is 10. The molecule has 34 nitrogen and oxygen atoms in total. The second kappa shape index (κ2) is 38.4. The van der Waals surface area contributed by atoms with Gasteiger partial charge in [-0.1, -0.05) is 53.2 Å². The van der Waals surface area contributed by atoms with Gasteiger partial charge in [-0.15, -0.1) is 0 Å². The summed E-state index contributed by atoms with van der Waals surface area (Å²) in [7, 11) is -1.61. The SMILES string of the molecule is CCC[C@H](NC(=O)C1CCCN1C(=O)[C@@H](NC(=O)[C@@H](NC(=O)[C@H](CCC(=O)O)NC(=O)[C@H](CCC(=O)O)NC(C)=O)C(C)C)C(C)C)C(=O)C(=O)NCC(=O)N[C@@H](CCS(C)=O)C(=O)N[C@@H](CC(=O)O)C(=O)N[C@@H](Cc1ccc(O)cc1)C(=O)N[C@@H](CO)C(N)=O. The number of aromatic hydroxyl groups is 1. The van der Waals surface area contributed by atoms with E-state index in [1.807, 2.05) is 0 Å². The highest BCUT2D eigenvalue weighted by Crippen LogP contribution is 2.22. The molecule has 0 bridgehead atoms. The van der Waals surface area contributed by atoms with Crippen molar-refractivity contribution in [3.05, 3.63) is 29.8 Å². The molecule has 12 amide bonds. The van der Waals surface area contributed by atoms with Crippen molar-refractivity contribution in [2.75, 3.05) is 31.7 Å². The Hall–Kier alpha value is -9.15. The van der Waals surface area contributed by atoms with Crippen LogP contribution in [0.15, 0.2) is 24.3 Å². The number of hydrogen-bond acceptors (Lipinski definition) is 19. The zero-order chi connectivity index (χ0) is 69.0. The average Bonchev–Trinajstić information content (AvgIpc) is 1.86. The van der Waals surface area contributed by atoms with E-state index in [1.165, 1.54) is 49.3 Å². The summed E-state index contributed by atoms with van der Waals surface area (Å²) < 4.78 is 12.2. The van der Waals surface area contributed by atoms with Gasteiger partial charge in [0, 0.05) is 55.5 Å². The molecular weight excluding hydrogens is 1220 g/mol. The van der Waals surface area contributed by atoms with E-state index < -0.39 is 223 Å². The number of carboxylic acids is 3. The summed E-state index contributed by atoms with van der Waals surface area (Å²) in [4.78, 5) is 210.